The molecule has 0 N–H and O–H groups in total. The molecule has 0 spiro atoms. The van der Waals surface area contributed by atoms with E-state index in [0.29, 0.717) is 5.56 Å². The summed E-state index contributed by atoms with van der Waals surface area (Å²) in [5.41, 5.74) is 1.48. The van der Waals surface area contributed by atoms with Gasteiger partial charge in [-0.1, -0.05) is 54.1 Å². The van der Waals surface area contributed by atoms with Crippen LogP contribution in [0.2, 0.25) is 0 Å². The van der Waals surface area contributed by atoms with Crippen LogP contribution in [0.25, 0.3) is 0 Å². The second kappa shape index (κ2) is 10.8. The summed E-state index contributed by atoms with van der Waals surface area (Å²) in [7, 11) is -4.30. The third kappa shape index (κ3) is 5.43. The maximum atomic E-state index is 13.7. The van der Waals surface area contributed by atoms with Crippen molar-refractivity contribution in [1.82, 2.24) is 0 Å². The highest BCUT2D eigenvalue weighted by atomic mass is 79.9. The number of aryl methyl sites for hydroxylation is 1. The topological polar surface area (TPSA) is 80.8 Å². The Kier molecular flexibility index (Phi) is 7.73. The average molecular weight is 629 g/mol. The van der Waals surface area contributed by atoms with Crippen molar-refractivity contribution >= 4 is 59.4 Å². The highest BCUT2D eigenvalue weighted by molar-refractivity contribution is 9.11. The highest BCUT2D eigenvalue weighted by Gasteiger charge is 2.33. The molecule has 0 aliphatic carbocycles. The Balaban J connectivity index is 1.80. The molecule has 0 saturated heterocycles. The number of hydrogen-bond acceptors (Lipinski definition) is 5. The van der Waals surface area contributed by atoms with E-state index in [1.54, 1.807) is 72.8 Å². The van der Waals surface area contributed by atoms with E-state index in [4.69, 9.17) is 4.74 Å². The minimum absolute atomic E-state index is 0.0378. The zero-order chi connectivity index (χ0) is 25.9. The monoisotopic (exact) mass is 627 g/mol. The van der Waals surface area contributed by atoms with Gasteiger partial charge in [0.05, 0.1) is 25.1 Å². The van der Waals surface area contributed by atoms with Gasteiger partial charge in [-0.3, -0.25) is 4.79 Å². The summed E-state index contributed by atoms with van der Waals surface area (Å²) in [4.78, 5) is 26.1. The van der Waals surface area contributed by atoms with Crippen LogP contribution in [0.5, 0.6) is 5.75 Å². The summed E-state index contributed by atoms with van der Waals surface area (Å²) >= 11 is 6.73. The van der Waals surface area contributed by atoms with Crippen molar-refractivity contribution in [3.8, 4) is 5.75 Å². The molecule has 0 aliphatic rings. The van der Waals surface area contributed by atoms with Gasteiger partial charge in [0.1, 0.15) is 0 Å². The number of hydrogen-bond donors (Lipinski definition) is 0. The molecule has 0 heterocycles. The first kappa shape index (κ1) is 25.8. The van der Waals surface area contributed by atoms with Gasteiger partial charge in [0.25, 0.3) is 15.9 Å². The first-order chi connectivity index (χ1) is 17.2. The maximum Gasteiger partial charge on any atom is 0.343 e. The molecule has 0 fully saturated rings. The molecule has 0 aromatic heterocycles. The Bertz CT molecular complexity index is 1500. The standard InChI is InChI=1S/C27H19Br2NO5S/c1-18-12-14-22(15-13-18)36(33,34)30(26(31)19-8-4-2-5-9-19)21-16-23(28)25(24(29)17-21)35-27(32)20-10-6-3-7-11-20/h2-17H,1H3. The fraction of sp³-hybridized carbons (Fsp3) is 0.0370. The van der Waals surface area contributed by atoms with Crippen LogP contribution in [-0.4, -0.2) is 20.3 Å². The number of esters is 1. The maximum absolute atomic E-state index is 13.7. The number of anilines is 1. The average Bonchev–Trinajstić information content (AvgIpc) is 2.87. The van der Waals surface area contributed by atoms with Crippen LogP contribution in [-0.2, 0) is 10.0 Å². The number of halogens is 2. The number of benzene rings is 4. The van der Waals surface area contributed by atoms with E-state index in [0.717, 1.165) is 9.87 Å². The van der Waals surface area contributed by atoms with E-state index in [1.165, 1.54) is 24.3 Å². The number of sulfonamides is 1. The van der Waals surface area contributed by atoms with Crippen LogP contribution in [0.1, 0.15) is 26.3 Å². The van der Waals surface area contributed by atoms with Gasteiger partial charge in [-0.15, -0.1) is 0 Å². The summed E-state index contributed by atoms with van der Waals surface area (Å²) in [5.74, 6) is -1.18. The highest BCUT2D eigenvalue weighted by Crippen LogP contribution is 2.40. The van der Waals surface area contributed by atoms with Crippen molar-refractivity contribution in [2.75, 3.05) is 4.31 Å². The first-order valence-electron chi connectivity index (χ1n) is 10.7. The minimum atomic E-state index is -4.30. The van der Waals surface area contributed by atoms with Crippen molar-refractivity contribution in [1.29, 1.82) is 0 Å². The van der Waals surface area contributed by atoms with Crippen molar-refractivity contribution in [3.05, 3.63) is 123 Å². The van der Waals surface area contributed by atoms with Crippen LogP contribution in [0, 0.1) is 6.92 Å². The quantitative estimate of drug-likeness (QED) is 0.174. The largest absolute Gasteiger partial charge is 0.421 e. The molecule has 6 nitrogen and oxygen atoms in total. The van der Waals surface area contributed by atoms with E-state index in [9.17, 15) is 18.0 Å². The lowest BCUT2D eigenvalue weighted by Crippen LogP contribution is -2.37. The summed E-state index contributed by atoms with van der Waals surface area (Å²) < 4.78 is 34.3. The number of amides is 1. The second-order valence-electron chi connectivity index (χ2n) is 7.75. The van der Waals surface area contributed by atoms with Crippen LogP contribution in [0.15, 0.2) is 111 Å². The van der Waals surface area contributed by atoms with Gasteiger partial charge in [-0.25, -0.2) is 13.2 Å². The fourth-order valence-corrected chi connectivity index (χ4v) is 6.09. The molecule has 0 radical (unpaired) electrons. The molecule has 1 amide bonds. The van der Waals surface area contributed by atoms with Gasteiger partial charge in [0.15, 0.2) is 5.75 Å². The van der Waals surface area contributed by atoms with E-state index in [2.05, 4.69) is 31.9 Å². The molecular formula is C27H19Br2NO5S. The lowest BCUT2D eigenvalue weighted by molar-refractivity contribution is 0.0732. The Morgan fingerprint density at radius 1 is 0.750 bits per heavy atom. The molecule has 0 saturated carbocycles. The molecule has 0 aliphatic heterocycles. The van der Waals surface area contributed by atoms with Crippen molar-refractivity contribution in [3.63, 3.8) is 0 Å². The Morgan fingerprint density at radius 3 is 1.78 bits per heavy atom. The Hall–Kier alpha value is -3.27. The number of carbonyl (C=O) groups is 2. The molecule has 4 rings (SSSR count). The molecule has 0 unspecified atom stereocenters. The van der Waals surface area contributed by atoms with Gasteiger partial charge in [0.2, 0.25) is 0 Å². The third-order valence-corrected chi connectivity index (χ3v) is 8.09. The summed E-state index contributed by atoms with van der Waals surface area (Å²) in [6.07, 6.45) is 0. The smallest absolute Gasteiger partial charge is 0.343 e. The summed E-state index contributed by atoms with van der Waals surface area (Å²) in [5, 5.41) is 0. The first-order valence-corrected chi connectivity index (χ1v) is 13.7. The van der Waals surface area contributed by atoms with E-state index < -0.39 is 21.9 Å². The zero-order valence-corrected chi connectivity index (χ0v) is 22.9. The number of carbonyl (C=O) groups excluding carboxylic acids is 2. The summed E-state index contributed by atoms with van der Waals surface area (Å²) in [6, 6.07) is 25.7. The van der Waals surface area contributed by atoms with Crippen molar-refractivity contribution in [2.45, 2.75) is 11.8 Å². The number of nitrogens with zero attached hydrogens (tertiary/aromatic N) is 1. The zero-order valence-electron chi connectivity index (χ0n) is 18.9. The molecular weight excluding hydrogens is 610 g/mol. The molecule has 4 aromatic rings. The van der Waals surface area contributed by atoms with Gasteiger partial charge < -0.3 is 4.74 Å². The molecule has 4 aromatic carbocycles. The second-order valence-corrected chi connectivity index (χ2v) is 11.2. The lowest BCUT2D eigenvalue weighted by Gasteiger charge is -2.24. The normalized spacial score (nSPS) is 11.1. The van der Waals surface area contributed by atoms with E-state index >= 15 is 0 Å². The third-order valence-electron chi connectivity index (χ3n) is 5.19. The van der Waals surface area contributed by atoms with Crippen LogP contribution in [0.4, 0.5) is 5.69 Å². The minimum Gasteiger partial charge on any atom is -0.421 e. The Labute approximate surface area is 225 Å². The van der Waals surface area contributed by atoms with E-state index in [-0.39, 0.29) is 30.8 Å². The SMILES string of the molecule is Cc1ccc(S(=O)(=O)N(C(=O)c2ccccc2)c2cc(Br)c(OC(=O)c3ccccc3)c(Br)c2)cc1. The van der Waals surface area contributed by atoms with E-state index in [1.807, 2.05) is 6.92 Å². The van der Waals surface area contributed by atoms with Crippen LogP contribution in [0.3, 0.4) is 0 Å². The predicted octanol–water partition coefficient (Wildman–Crippen LogP) is 6.77. The predicted molar refractivity (Wildman–Crippen MR) is 145 cm³/mol. The molecule has 36 heavy (non-hydrogen) atoms. The van der Waals surface area contributed by atoms with Gasteiger partial charge >= 0.3 is 5.97 Å². The lowest BCUT2D eigenvalue weighted by atomic mass is 10.2. The number of ether oxygens (including phenoxy) is 1. The van der Waals surface area contributed by atoms with Crippen molar-refractivity contribution in [2.24, 2.45) is 0 Å². The van der Waals surface area contributed by atoms with Gasteiger partial charge in [-0.2, -0.15) is 4.31 Å². The van der Waals surface area contributed by atoms with Crippen LogP contribution < -0.4 is 9.04 Å². The Morgan fingerprint density at radius 2 is 1.25 bits per heavy atom. The van der Waals surface area contributed by atoms with Crippen molar-refractivity contribution < 1.29 is 22.7 Å². The molecule has 9 heteroatoms. The molecule has 182 valence electrons. The van der Waals surface area contributed by atoms with Gasteiger partial charge in [-0.05, 0) is 87.3 Å². The van der Waals surface area contributed by atoms with Gasteiger partial charge in [0, 0.05) is 5.56 Å². The molecule has 0 bridgehead atoms. The van der Waals surface area contributed by atoms with Crippen LogP contribution >= 0.6 is 31.9 Å². The number of rotatable bonds is 6. The summed E-state index contributed by atoms with van der Waals surface area (Å²) in [6.45, 7) is 1.84. The molecule has 0 atom stereocenters. The fourth-order valence-electron chi connectivity index (χ4n) is 3.37.